The van der Waals surface area contributed by atoms with Crippen LogP contribution in [0.4, 0.5) is 0 Å². The number of aliphatic hydroxyl groups excluding tert-OH is 1. The standard InChI is InChI=1S/C20H31N5O2/c1-2-25-19(21-16-22-25)13-23-7-4-20(5-8-23)6-9-24(12-18(20)14-26)11-17-3-10-27-15-17/h3,10,15-16,18,26H,2,4-9,11-14H2,1H3/t18-/m1/s1. The smallest absolute Gasteiger partial charge is 0.140 e. The molecule has 4 rings (SSSR count). The van der Waals surface area contributed by atoms with E-state index in [-0.39, 0.29) is 12.0 Å². The van der Waals surface area contributed by atoms with Crippen molar-refractivity contribution in [3.8, 4) is 0 Å². The molecule has 0 aliphatic carbocycles. The molecule has 7 nitrogen and oxygen atoms in total. The lowest BCUT2D eigenvalue weighted by molar-refractivity contribution is -0.0455. The number of hydrogen-bond donors (Lipinski definition) is 1. The Bertz CT molecular complexity index is 706. The van der Waals surface area contributed by atoms with Gasteiger partial charge in [-0.3, -0.25) is 9.80 Å². The first-order chi connectivity index (χ1) is 13.2. The van der Waals surface area contributed by atoms with E-state index < -0.39 is 0 Å². The highest BCUT2D eigenvalue weighted by Crippen LogP contribution is 2.45. The summed E-state index contributed by atoms with van der Waals surface area (Å²) in [5.41, 5.74) is 1.51. The van der Waals surface area contributed by atoms with Crippen molar-refractivity contribution in [3.63, 3.8) is 0 Å². The number of aryl methyl sites for hydroxylation is 1. The summed E-state index contributed by atoms with van der Waals surface area (Å²) in [6.45, 7) is 9.29. The molecule has 4 heterocycles. The van der Waals surface area contributed by atoms with Gasteiger partial charge in [-0.15, -0.1) is 0 Å². The number of hydrogen-bond acceptors (Lipinski definition) is 6. The van der Waals surface area contributed by atoms with E-state index in [9.17, 15) is 5.11 Å². The summed E-state index contributed by atoms with van der Waals surface area (Å²) in [6, 6.07) is 2.03. The normalized spacial score (nSPS) is 23.9. The molecule has 0 aromatic carbocycles. The second-order valence-electron chi connectivity index (χ2n) is 8.13. The van der Waals surface area contributed by atoms with E-state index >= 15 is 0 Å². The van der Waals surface area contributed by atoms with Crippen LogP contribution < -0.4 is 0 Å². The largest absolute Gasteiger partial charge is 0.472 e. The van der Waals surface area contributed by atoms with Crippen LogP contribution >= 0.6 is 0 Å². The van der Waals surface area contributed by atoms with Crippen LogP contribution in [0.1, 0.15) is 37.6 Å². The number of rotatable bonds is 6. The third-order valence-electron chi connectivity index (χ3n) is 6.69. The SMILES string of the molecule is CCn1ncnc1CN1CCC2(CC1)CCN(Cc1ccoc1)C[C@@H]2CO. The van der Waals surface area contributed by atoms with Gasteiger partial charge in [-0.2, -0.15) is 5.10 Å². The van der Waals surface area contributed by atoms with Crippen molar-refractivity contribution in [1.82, 2.24) is 24.6 Å². The summed E-state index contributed by atoms with van der Waals surface area (Å²) in [5, 5.41) is 14.4. The third-order valence-corrected chi connectivity index (χ3v) is 6.69. The first-order valence-corrected chi connectivity index (χ1v) is 10.2. The molecule has 0 saturated carbocycles. The average Bonchev–Trinajstić information content (AvgIpc) is 3.37. The Hall–Kier alpha value is -1.70. The van der Waals surface area contributed by atoms with Crippen molar-refractivity contribution >= 4 is 0 Å². The Morgan fingerprint density at radius 2 is 1.96 bits per heavy atom. The zero-order chi connectivity index (χ0) is 18.7. The first-order valence-electron chi connectivity index (χ1n) is 10.2. The quantitative estimate of drug-likeness (QED) is 0.835. The molecule has 2 aliphatic heterocycles. The lowest BCUT2D eigenvalue weighted by Crippen LogP contribution is -2.53. The van der Waals surface area contributed by atoms with Crippen LogP contribution in [0.25, 0.3) is 0 Å². The number of piperidine rings is 2. The Morgan fingerprint density at radius 1 is 1.19 bits per heavy atom. The topological polar surface area (TPSA) is 70.6 Å². The predicted molar refractivity (Wildman–Crippen MR) is 102 cm³/mol. The Labute approximate surface area is 161 Å². The second-order valence-corrected chi connectivity index (χ2v) is 8.13. The minimum Gasteiger partial charge on any atom is -0.472 e. The minimum atomic E-state index is 0.284. The number of aromatic nitrogens is 3. The third kappa shape index (κ3) is 3.95. The van der Waals surface area contributed by atoms with E-state index in [1.807, 2.05) is 17.0 Å². The van der Waals surface area contributed by atoms with Gasteiger partial charge in [0.05, 0.1) is 19.1 Å². The van der Waals surface area contributed by atoms with E-state index in [2.05, 4.69) is 26.8 Å². The molecule has 0 amide bonds. The minimum absolute atomic E-state index is 0.284. The molecule has 1 N–H and O–H groups in total. The summed E-state index contributed by atoms with van der Waals surface area (Å²) < 4.78 is 7.18. The van der Waals surface area contributed by atoms with Gasteiger partial charge >= 0.3 is 0 Å². The number of furan rings is 1. The molecule has 2 saturated heterocycles. The van der Waals surface area contributed by atoms with E-state index in [4.69, 9.17) is 4.42 Å². The lowest BCUT2D eigenvalue weighted by Gasteiger charge is -2.51. The molecule has 7 heteroatoms. The molecule has 0 bridgehead atoms. The number of aliphatic hydroxyl groups is 1. The monoisotopic (exact) mass is 373 g/mol. The van der Waals surface area contributed by atoms with Crippen molar-refractivity contribution in [1.29, 1.82) is 0 Å². The highest BCUT2D eigenvalue weighted by molar-refractivity contribution is 5.06. The predicted octanol–water partition coefficient (Wildman–Crippen LogP) is 1.99. The van der Waals surface area contributed by atoms with Gasteiger partial charge in [0.2, 0.25) is 0 Å². The van der Waals surface area contributed by atoms with Crippen LogP contribution in [0, 0.1) is 11.3 Å². The van der Waals surface area contributed by atoms with Crippen molar-refractivity contribution in [3.05, 3.63) is 36.3 Å². The van der Waals surface area contributed by atoms with Gasteiger partial charge in [-0.05, 0) is 57.3 Å². The fraction of sp³-hybridized carbons (Fsp3) is 0.700. The van der Waals surface area contributed by atoms with Gasteiger partial charge in [0.15, 0.2) is 0 Å². The highest BCUT2D eigenvalue weighted by atomic mass is 16.3. The van der Waals surface area contributed by atoms with Crippen molar-refractivity contribution in [2.75, 3.05) is 32.8 Å². The maximum absolute atomic E-state index is 10.1. The summed E-state index contributed by atoms with van der Waals surface area (Å²) in [5.74, 6) is 1.42. The maximum Gasteiger partial charge on any atom is 0.140 e. The average molecular weight is 374 g/mol. The molecule has 2 fully saturated rings. The zero-order valence-corrected chi connectivity index (χ0v) is 16.3. The highest BCUT2D eigenvalue weighted by Gasteiger charge is 2.44. The van der Waals surface area contributed by atoms with Crippen LogP contribution in [0.5, 0.6) is 0 Å². The Morgan fingerprint density at radius 3 is 2.63 bits per heavy atom. The lowest BCUT2D eigenvalue weighted by atomic mass is 9.64. The van der Waals surface area contributed by atoms with Crippen LogP contribution in [0.15, 0.2) is 29.3 Å². The summed E-state index contributed by atoms with van der Waals surface area (Å²) >= 11 is 0. The van der Waals surface area contributed by atoms with Gasteiger partial charge in [0.25, 0.3) is 0 Å². The van der Waals surface area contributed by atoms with Gasteiger partial charge < -0.3 is 9.52 Å². The fourth-order valence-electron chi connectivity index (χ4n) is 4.91. The van der Waals surface area contributed by atoms with Gasteiger partial charge in [0, 0.05) is 37.7 Å². The molecule has 2 aromatic rings. The van der Waals surface area contributed by atoms with Crippen LogP contribution in [-0.2, 0) is 19.6 Å². The van der Waals surface area contributed by atoms with Gasteiger partial charge in [-0.1, -0.05) is 0 Å². The molecule has 0 radical (unpaired) electrons. The van der Waals surface area contributed by atoms with Crippen LogP contribution in [0.2, 0.25) is 0 Å². The van der Waals surface area contributed by atoms with Crippen LogP contribution in [0.3, 0.4) is 0 Å². The summed E-state index contributed by atoms with van der Waals surface area (Å²) in [7, 11) is 0. The molecule has 0 unspecified atom stereocenters. The van der Waals surface area contributed by atoms with E-state index in [0.29, 0.717) is 5.92 Å². The molecule has 2 aromatic heterocycles. The number of nitrogens with zero attached hydrogens (tertiary/aromatic N) is 5. The number of likely N-dealkylation sites (tertiary alicyclic amines) is 2. The summed E-state index contributed by atoms with van der Waals surface area (Å²) in [4.78, 5) is 9.38. The van der Waals surface area contributed by atoms with Crippen molar-refractivity contribution < 1.29 is 9.52 Å². The second kappa shape index (κ2) is 8.12. The first kappa shape index (κ1) is 18.7. The van der Waals surface area contributed by atoms with Crippen LogP contribution in [-0.4, -0.2) is 62.5 Å². The molecule has 1 spiro atoms. The fourth-order valence-corrected chi connectivity index (χ4v) is 4.91. The van der Waals surface area contributed by atoms with Gasteiger partial charge in [0.1, 0.15) is 12.2 Å². The molecular formula is C20H31N5O2. The maximum atomic E-state index is 10.1. The van der Waals surface area contributed by atoms with E-state index in [1.165, 1.54) is 12.0 Å². The summed E-state index contributed by atoms with van der Waals surface area (Å²) in [6.07, 6.45) is 8.72. The van der Waals surface area contributed by atoms with E-state index in [0.717, 1.165) is 64.5 Å². The molecule has 1 atom stereocenters. The molecule has 27 heavy (non-hydrogen) atoms. The zero-order valence-electron chi connectivity index (χ0n) is 16.3. The van der Waals surface area contributed by atoms with Gasteiger partial charge in [-0.25, -0.2) is 9.67 Å². The molecule has 2 aliphatic rings. The molecule has 148 valence electrons. The van der Waals surface area contributed by atoms with Crippen molar-refractivity contribution in [2.24, 2.45) is 11.3 Å². The molecular weight excluding hydrogens is 342 g/mol. The Kier molecular flexibility index (Phi) is 5.61. The van der Waals surface area contributed by atoms with Crippen molar-refractivity contribution in [2.45, 2.75) is 45.8 Å². The Balaban J connectivity index is 1.34. The van der Waals surface area contributed by atoms with E-state index in [1.54, 1.807) is 12.6 Å².